The minimum atomic E-state index is -0.157. The minimum absolute atomic E-state index is 0.157. The third-order valence-electron chi connectivity index (χ3n) is 5.14. The molecule has 0 aliphatic carbocycles. The number of carbonyl (C=O) groups excluding carboxylic acids is 2. The van der Waals surface area contributed by atoms with Crippen molar-refractivity contribution in [3.05, 3.63) is 64.7 Å². The van der Waals surface area contributed by atoms with Crippen molar-refractivity contribution in [3.63, 3.8) is 0 Å². The summed E-state index contributed by atoms with van der Waals surface area (Å²) in [6.45, 7) is 4.51. The quantitative estimate of drug-likeness (QED) is 0.804. The lowest BCUT2D eigenvalue weighted by Crippen LogP contribution is -2.35. The number of aryl methyl sites for hydroxylation is 2. The number of rotatable bonds is 4. The fourth-order valence-corrected chi connectivity index (χ4v) is 3.90. The van der Waals surface area contributed by atoms with Crippen LogP contribution in [0.2, 0.25) is 0 Å². The van der Waals surface area contributed by atoms with Crippen molar-refractivity contribution in [1.82, 2.24) is 4.90 Å². The summed E-state index contributed by atoms with van der Waals surface area (Å²) < 4.78 is 0. The molecule has 4 heteroatoms. The minimum Gasteiger partial charge on any atom is -0.371 e. The molecule has 25 heavy (non-hydrogen) atoms. The molecule has 4 nitrogen and oxygen atoms in total. The molecule has 0 unspecified atom stereocenters. The molecule has 0 atom stereocenters. The average Bonchev–Trinajstić information content (AvgIpc) is 2.87. The topological polar surface area (TPSA) is 40.6 Å². The second kappa shape index (κ2) is 6.36. The Morgan fingerprint density at radius 1 is 0.960 bits per heavy atom. The van der Waals surface area contributed by atoms with Crippen molar-refractivity contribution in [2.75, 3.05) is 24.5 Å². The SMILES string of the molecule is Cc1ccc2c(c1)CCCN2CCCN1C(=O)c2ccccc2C1=O. The van der Waals surface area contributed by atoms with Gasteiger partial charge in [0.05, 0.1) is 11.1 Å². The smallest absolute Gasteiger partial charge is 0.261 e. The maximum atomic E-state index is 12.4. The largest absolute Gasteiger partial charge is 0.371 e. The summed E-state index contributed by atoms with van der Waals surface area (Å²) in [6.07, 6.45) is 3.08. The van der Waals surface area contributed by atoms with Gasteiger partial charge in [0.15, 0.2) is 0 Å². The summed E-state index contributed by atoms with van der Waals surface area (Å²) in [7, 11) is 0. The number of benzene rings is 2. The van der Waals surface area contributed by atoms with Gasteiger partial charge in [-0.25, -0.2) is 0 Å². The fraction of sp³-hybridized carbons (Fsp3) is 0.333. The molecule has 128 valence electrons. The van der Waals surface area contributed by atoms with E-state index in [1.165, 1.54) is 21.7 Å². The van der Waals surface area contributed by atoms with Crippen LogP contribution in [-0.2, 0) is 6.42 Å². The Kier molecular flexibility index (Phi) is 4.04. The molecule has 4 rings (SSSR count). The van der Waals surface area contributed by atoms with Crippen LogP contribution in [-0.4, -0.2) is 36.3 Å². The van der Waals surface area contributed by atoms with Gasteiger partial charge < -0.3 is 4.90 Å². The highest BCUT2D eigenvalue weighted by Gasteiger charge is 2.34. The van der Waals surface area contributed by atoms with E-state index in [1.807, 2.05) is 0 Å². The molecule has 2 aliphatic heterocycles. The summed E-state index contributed by atoms with van der Waals surface area (Å²) >= 11 is 0. The highest BCUT2D eigenvalue weighted by Crippen LogP contribution is 2.28. The molecule has 2 aromatic rings. The summed E-state index contributed by atoms with van der Waals surface area (Å²) in [5.74, 6) is -0.314. The molecular weight excluding hydrogens is 312 g/mol. The molecule has 0 bridgehead atoms. The molecule has 2 heterocycles. The number of hydrogen-bond acceptors (Lipinski definition) is 3. The first kappa shape index (κ1) is 15.9. The van der Waals surface area contributed by atoms with Crippen LogP contribution in [0.5, 0.6) is 0 Å². The number of nitrogens with zero attached hydrogens (tertiary/aromatic N) is 2. The third kappa shape index (κ3) is 2.82. The zero-order chi connectivity index (χ0) is 17.4. The van der Waals surface area contributed by atoms with Gasteiger partial charge >= 0.3 is 0 Å². The first-order valence-electron chi connectivity index (χ1n) is 8.95. The molecule has 0 radical (unpaired) electrons. The van der Waals surface area contributed by atoms with Gasteiger partial charge in [-0.1, -0.05) is 29.8 Å². The zero-order valence-electron chi connectivity index (χ0n) is 14.5. The van der Waals surface area contributed by atoms with E-state index in [0.717, 1.165) is 32.4 Å². The second-order valence-electron chi connectivity index (χ2n) is 6.88. The van der Waals surface area contributed by atoms with Gasteiger partial charge in [-0.05, 0) is 49.9 Å². The molecule has 0 N–H and O–H groups in total. The summed E-state index contributed by atoms with van der Waals surface area (Å²) in [5.41, 5.74) is 5.08. The standard InChI is InChI=1S/C21H22N2O2/c1-15-9-10-19-16(14-15)6-4-11-22(19)12-5-13-23-20(24)17-7-2-3-8-18(17)21(23)25/h2-3,7-10,14H,4-6,11-13H2,1H3. The third-order valence-corrected chi connectivity index (χ3v) is 5.14. The van der Waals surface area contributed by atoms with Crippen molar-refractivity contribution in [3.8, 4) is 0 Å². The van der Waals surface area contributed by atoms with E-state index in [1.54, 1.807) is 24.3 Å². The lowest BCUT2D eigenvalue weighted by atomic mass is 9.99. The Balaban J connectivity index is 1.41. The maximum Gasteiger partial charge on any atom is 0.261 e. The van der Waals surface area contributed by atoms with Crippen LogP contribution in [0.4, 0.5) is 5.69 Å². The highest BCUT2D eigenvalue weighted by atomic mass is 16.2. The van der Waals surface area contributed by atoms with Crippen molar-refractivity contribution >= 4 is 17.5 Å². The van der Waals surface area contributed by atoms with Crippen LogP contribution < -0.4 is 4.90 Å². The predicted octanol–water partition coefficient (Wildman–Crippen LogP) is 3.43. The Hall–Kier alpha value is -2.62. The molecule has 0 fully saturated rings. The van der Waals surface area contributed by atoms with E-state index in [2.05, 4.69) is 30.0 Å². The van der Waals surface area contributed by atoms with E-state index in [-0.39, 0.29) is 11.8 Å². The molecule has 0 spiro atoms. The van der Waals surface area contributed by atoms with Gasteiger partial charge in [0.1, 0.15) is 0 Å². The average molecular weight is 334 g/mol. The van der Waals surface area contributed by atoms with Gasteiger partial charge in [0.2, 0.25) is 0 Å². The number of anilines is 1. The molecule has 0 aromatic heterocycles. The van der Waals surface area contributed by atoms with Crippen molar-refractivity contribution < 1.29 is 9.59 Å². The molecule has 2 aromatic carbocycles. The van der Waals surface area contributed by atoms with E-state index >= 15 is 0 Å². The predicted molar refractivity (Wildman–Crippen MR) is 98.1 cm³/mol. The maximum absolute atomic E-state index is 12.4. The normalized spacial score (nSPS) is 16.2. The number of fused-ring (bicyclic) bond motifs is 2. The number of carbonyl (C=O) groups is 2. The lowest BCUT2D eigenvalue weighted by Gasteiger charge is -2.32. The number of amides is 2. The summed E-state index contributed by atoms with van der Waals surface area (Å²) in [4.78, 5) is 28.6. The fourth-order valence-electron chi connectivity index (χ4n) is 3.90. The van der Waals surface area contributed by atoms with Gasteiger partial charge in [0.25, 0.3) is 11.8 Å². The highest BCUT2D eigenvalue weighted by molar-refractivity contribution is 6.21. The Labute approximate surface area is 148 Å². The first-order valence-corrected chi connectivity index (χ1v) is 8.95. The van der Waals surface area contributed by atoms with E-state index in [4.69, 9.17) is 0 Å². The first-order chi connectivity index (χ1) is 12.1. The Morgan fingerprint density at radius 3 is 2.40 bits per heavy atom. The monoisotopic (exact) mass is 334 g/mol. The van der Waals surface area contributed by atoms with Gasteiger partial charge in [0, 0.05) is 25.3 Å². The molecule has 0 saturated heterocycles. The van der Waals surface area contributed by atoms with Crippen LogP contribution in [0.15, 0.2) is 42.5 Å². The number of hydrogen-bond donors (Lipinski definition) is 0. The van der Waals surface area contributed by atoms with Gasteiger partial charge in [-0.3, -0.25) is 14.5 Å². The van der Waals surface area contributed by atoms with Crippen LogP contribution in [0.25, 0.3) is 0 Å². The molecule has 0 saturated carbocycles. The zero-order valence-corrected chi connectivity index (χ0v) is 14.5. The van der Waals surface area contributed by atoms with Crippen LogP contribution in [0, 0.1) is 6.92 Å². The van der Waals surface area contributed by atoms with Crippen molar-refractivity contribution in [2.24, 2.45) is 0 Å². The van der Waals surface area contributed by atoms with Crippen molar-refractivity contribution in [2.45, 2.75) is 26.2 Å². The Morgan fingerprint density at radius 2 is 1.68 bits per heavy atom. The van der Waals surface area contributed by atoms with Gasteiger partial charge in [-0.2, -0.15) is 0 Å². The van der Waals surface area contributed by atoms with E-state index in [0.29, 0.717) is 17.7 Å². The lowest BCUT2D eigenvalue weighted by molar-refractivity contribution is 0.0653. The summed E-state index contributed by atoms with van der Waals surface area (Å²) in [5, 5.41) is 0. The summed E-state index contributed by atoms with van der Waals surface area (Å²) in [6, 6.07) is 13.7. The number of imide groups is 1. The Bertz CT molecular complexity index is 809. The van der Waals surface area contributed by atoms with Crippen LogP contribution >= 0.6 is 0 Å². The second-order valence-corrected chi connectivity index (χ2v) is 6.88. The van der Waals surface area contributed by atoms with E-state index < -0.39 is 0 Å². The molecular formula is C21H22N2O2. The molecule has 2 aliphatic rings. The van der Waals surface area contributed by atoms with Crippen LogP contribution in [0.1, 0.15) is 44.7 Å². The van der Waals surface area contributed by atoms with E-state index in [9.17, 15) is 9.59 Å². The van der Waals surface area contributed by atoms with Crippen molar-refractivity contribution in [1.29, 1.82) is 0 Å². The van der Waals surface area contributed by atoms with Gasteiger partial charge in [-0.15, -0.1) is 0 Å². The van der Waals surface area contributed by atoms with Crippen LogP contribution in [0.3, 0.4) is 0 Å². The molecule has 2 amide bonds.